The van der Waals surface area contributed by atoms with Crippen molar-refractivity contribution in [3.8, 4) is 0 Å². The topological polar surface area (TPSA) is 80.1 Å². The summed E-state index contributed by atoms with van der Waals surface area (Å²) in [5, 5.41) is 4.78. The lowest BCUT2D eigenvalue weighted by molar-refractivity contribution is -0.121. The molecule has 0 spiro atoms. The summed E-state index contributed by atoms with van der Waals surface area (Å²) in [5.41, 5.74) is 1.98. The zero-order valence-electron chi connectivity index (χ0n) is 17.9. The molecule has 2 aromatic heterocycles. The fourth-order valence-corrected chi connectivity index (χ4v) is 4.65. The van der Waals surface area contributed by atoms with E-state index in [4.69, 9.17) is 0 Å². The second-order valence-corrected chi connectivity index (χ2v) is 8.36. The molecule has 0 saturated heterocycles. The Balaban J connectivity index is 0.00000119. The molecule has 168 valence electrons. The maximum atomic E-state index is 14.5. The fourth-order valence-electron chi connectivity index (χ4n) is 4.12. The highest BCUT2D eigenvalue weighted by molar-refractivity contribution is 7.13. The lowest BCUT2D eigenvalue weighted by Gasteiger charge is -2.26. The van der Waals surface area contributed by atoms with Crippen molar-refractivity contribution >= 4 is 28.3 Å². The van der Waals surface area contributed by atoms with Crippen LogP contribution < -0.4 is 5.32 Å². The maximum Gasteiger partial charge on any atom is 0.255 e. The van der Waals surface area contributed by atoms with Gasteiger partial charge in [0.2, 0.25) is 0 Å². The zero-order chi connectivity index (χ0) is 23.0. The fraction of sp³-hybridized carbons (Fsp3) is 0.364. The van der Waals surface area contributed by atoms with Gasteiger partial charge in [0.05, 0.1) is 25.1 Å². The second-order valence-electron chi connectivity index (χ2n) is 7.47. The highest BCUT2D eigenvalue weighted by Gasteiger charge is 2.42. The average Bonchev–Trinajstić information content (AvgIpc) is 3.53. The predicted molar refractivity (Wildman–Crippen MR) is 117 cm³/mol. The smallest absolute Gasteiger partial charge is 0.255 e. The summed E-state index contributed by atoms with van der Waals surface area (Å²) < 4.78 is 30.2. The number of fused-ring (bicyclic) bond motifs is 2. The van der Waals surface area contributed by atoms with E-state index in [-0.39, 0.29) is 30.6 Å². The number of carbonyl (C=O) groups is 2. The molecule has 0 fully saturated rings. The monoisotopic (exact) mass is 459 g/mol. The van der Waals surface area contributed by atoms with E-state index < -0.39 is 29.8 Å². The van der Waals surface area contributed by atoms with Crippen LogP contribution in [0.15, 0.2) is 30.0 Å². The van der Waals surface area contributed by atoms with E-state index in [1.807, 2.05) is 13.8 Å². The lowest BCUT2D eigenvalue weighted by Crippen LogP contribution is -2.38. The third kappa shape index (κ3) is 3.79. The molecule has 10 heteroatoms. The van der Waals surface area contributed by atoms with Crippen molar-refractivity contribution in [3.63, 3.8) is 0 Å². The highest BCUT2D eigenvalue weighted by Crippen LogP contribution is 2.36. The number of rotatable bonds is 4. The number of amides is 2. The van der Waals surface area contributed by atoms with Gasteiger partial charge in [-0.15, -0.1) is 11.3 Å². The summed E-state index contributed by atoms with van der Waals surface area (Å²) in [7, 11) is 0. The minimum atomic E-state index is -1.13. The summed E-state index contributed by atoms with van der Waals surface area (Å²) in [6, 6.07) is 1.85. The predicted octanol–water partition coefficient (Wildman–Crippen LogP) is 4.04. The Morgan fingerprint density at radius 2 is 2.09 bits per heavy atom. The van der Waals surface area contributed by atoms with Crippen LogP contribution in [-0.4, -0.2) is 37.4 Å². The Morgan fingerprint density at radius 1 is 1.31 bits per heavy atom. The Bertz CT molecular complexity index is 1160. The van der Waals surface area contributed by atoms with E-state index >= 15 is 0 Å². The molecule has 3 aromatic rings. The second kappa shape index (κ2) is 8.78. The van der Waals surface area contributed by atoms with E-state index in [9.17, 15) is 18.4 Å². The van der Waals surface area contributed by atoms with Gasteiger partial charge in [-0.3, -0.25) is 14.9 Å². The first-order chi connectivity index (χ1) is 15.4. The van der Waals surface area contributed by atoms with Gasteiger partial charge in [0.1, 0.15) is 12.0 Å². The molecule has 1 aromatic carbocycles. The van der Waals surface area contributed by atoms with Gasteiger partial charge in [-0.25, -0.2) is 18.7 Å². The summed E-state index contributed by atoms with van der Waals surface area (Å²) in [6.07, 6.45) is 2.06. The molecule has 0 saturated carbocycles. The van der Waals surface area contributed by atoms with Crippen LogP contribution in [0, 0.1) is 12.7 Å². The number of halogens is 2. The van der Waals surface area contributed by atoms with Gasteiger partial charge in [0, 0.05) is 34.8 Å². The molecule has 2 amide bonds. The summed E-state index contributed by atoms with van der Waals surface area (Å²) in [6.45, 7) is 5.79. The van der Waals surface area contributed by atoms with Gasteiger partial charge in [0.25, 0.3) is 11.8 Å². The van der Waals surface area contributed by atoms with E-state index in [1.54, 1.807) is 29.1 Å². The highest BCUT2D eigenvalue weighted by atomic mass is 32.1. The van der Waals surface area contributed by atoms with E-state index in [2.05, 4.69) is 15.3 Å². The molecule has 1 N–H and O–H groups in total. The molecule has 2 atom stereocenters. The van der Waals surface area contributed by atoms with Gasteiger partial charge < -0.3 is 9.47 Å². The van der Waals surface area contributed by atoms with Crippen molar-refractivity contribution in [3.05, 3.63) is 63.9 Å². The first kappa shape index (κ1) is 22.1. The summed E-state index contributed by atoms with van der Waals surface area (Å²) in [5.74, 6) is -1.46. The number of nitrogens with zero attached hydrogens (tertiary/aromatic N) is 4. The zero-order valence-corrected chi connectivity index (χ0v) is 18.7. The quantitative estimate of drug-likeness (QED) is 0.639. The maximum absolute atomic E-state index is 14.5. The first-order valence-corrected chi connectivity index (χ1v) is 11.3. The number of imidazole rings is 1. The van der Waals surface area contributed by atoms with Crippen LogP contribution in [-0.2, 0) is 24.3 Å². The van der Waals surface area contributed by atoms with Crippen molar-refractivity contribution < 1.29 is 18.4 Å². The number of aryl methyl sites for hydroxylation is 1. The van der Waals surface area contributed by atoms with Crippen LogP contribution in [0.5, 0.6) is 0 Å². The molecule has 5 rings (SSSR count). The SMILES string of the molecule is CC.Cc1cc(F)c2c(c1)C(=O)N(C(C(=O)Nc1nccs1)c1ncn3c1CC(F)C3)C2. The summed E-state index contributed by atoms with van der Waals surface area (Å²) >= 11 is 1.23. The number of aromatic nitrogens is 3. The Labute approximate surface area is 188 Å². The third-order valence-electron chi connectivity index (χ3n) is 5.43. The number of thiazole rings is 1. The van der Waals surface area contributed by atoms with Crippen LogP contribution in [0.4, 0.5) is 13.9 Å². The standard InChI is InChI=1S/C20H17F2N5O2S.C2H6/c1-10-4-12-13(14(22)5-10)8-27(19(12)29)17(18(28)25-20-23-2-3-30-20)16-15-6-11(21)7-26(15)9-24-16;1-2/h2-5,9,11,17H,6-8H2,1H3,(H,23,25,28);1-2H3. The van der Waals surface area contributed by atoms with Crippen molar-refractivity contribution in [1.82, 2.24) is 19.4 Å². The number of hydrogen-bond donors (Lipinski definition) is 1. The van der Waals surface area contributed by atoms with Crippen molar-refractivity contribution in [2.24, 2.45) is 0 Å². The van der Waals surface area contributed by atoms with Gasteiger partial charge in [-0.05, 0) is 24.6 Å². The number of anilines is 1. The minimum absolute atomic E-state index is 0.0679. The van der Waals surface area contributed by atoms with Gasteiger partial charge >= 0.3 is 0 Å². The van der Waals surface area contributed by atoms with Crippen LogP contribution in [0.2, 0.25) is 0 Å². The lowest BCUT2D eigenvalue weighted by atomic mass is 10.1. The molecule has 2 aliphatic rings. The Kier molecular flexibility index (Phi) is 6.05. The number of alkyl halides is 1. The van der Waals surface area contributed by atoms with Crippen LogP contribution in [0.3, 0.4) is 0 Å². The summed E-state index contributed by atoms with van der Waals surface area (Å²) in [4.78, 5) is 36.1. The van der Waals surface area contributed by atoms with Crippen molar-refractivity contribution in [2.45, 2.75) is 52.5 Å². The van der Waals surface area contributed by atoms with Crippen LogP contribution >= 0.6 is 11.3 Å². The van der Waals surface area contributed by atoms with Gasteiger partial charge in [-0.1, -0.05) is 13.8 Å². The molecule has 0 radical (unpaired) electrons. The Morgan fingerprint density at radius 3 is 2.81 bits per heavy atom. The number of carbonyl (C=O) groups excluding carboxylic acids is 2. The normalized spacial score (nSPS) is 17.5. The molecular weight excluding hydrogens is 436 g/mol. The first-order valence-electron chi connectivity index (χ1n) is 10.4. The molecule has 2 aliphatic heterocycles. The minimum Gasteiger partial charge on any atom is -0.331 e. The van der Waals surface area contributed by atoms with Crippen molar-refractivity contribution in [2.75, 3.05) is 5.32 Å². The van der Waals surface area contributed by atoms with E-state index in [0.29, 0.717) is 22.1 Å². The molecule has 7 nitrogen and oxygen atoms in total. The number of hydrogen-bond acceptors (Lipinski definition) is 5. The van der Waals surface area contributed by atoms with E-state index in [1.165, 1.54) is 28.6 Å². The van der Waals surface area contributed by atoms with Gasteiger partial charge in [-0.2, -0.15) is 0 Å². The molecule has 2 unspecified atom stereocenters. The third-order valence-corrected chi connectivity index (χ3v) is 6.12. The molecule has 0 bridgehead atoms. The van der Waals surface area contributed by atoms with Crippen LogP contribution in [0.25, 0.3) is 0 Å². The number of nitrogens with one attached hydrogen (secondary N) is 1. The average molecular weight is 460 g/mol. The molecular formula is C22H23F2N5O2S. The Hall–Kier alpha value is -3.14. The molecule has 32 heavy (non-hydrogen) atoms. The number of benzene rings is 1. The van der Waals surface area contributed by atoms with Gasteiger partial charge in [0.15, 0.2) is 11.2 Å². The van der Waals surface area contributed by atoms with Crippen molar-refractivity contribution in [1.29, 1.82) is 0 Å². The van der Waals surface area contributed by atoms with Crippen LogP contribution in [0.1, 0.15) is 52.8 Å². The molecule has 4 heterocycles. The molecule has 0 aliphatic carbocycles. The van der Waals surface area contributed by atoms with E-state index in [0.717, 1.165) is 0 Å². The largest absolute Gasteiger partial charge is 0.331 e.